The summed E-state index contributed by atoms with van der Waals surface area (Å²) in [6.07, 6.45) is -0.680. The number of ether oxygens (including phenoxy) is 1. The van der Waals surface area contributed by atoms with Crippen LogP contribution in [0.1, 0.15) is 13.3 Å². The van der Waals surface area contributed by atoms with Crippen LogP contribution in [0.4, 0.5) is 0 Å². The van der Waals surface area contributed by atoms with Crippen LogP contribution in [0.3, 0.4) is 0 Å². The molecule has 3 heteroatoms. The summed E-state index contributed by atoms with van der Waals surface area (Å²) < 4.78 is 5.24. The van der Waals surface area contributed by atoms with E-state index in [1.165, 1.54) is 0 Å². The molecule has 0 amide bonds. The predicted molar refractivity (Wildman–Crippen MR) is 65.9 cm³/mol. The van der Waals surface area contributed by atoms with Crippen LogP contribution in [-0.2, 0) is 4.79 Å². The number of carbonyl (C=O) groups is 1. The Hall–Kier alpha value is -1.87. The third-order valence-corrected chi connectivity index (χ3v) is 2.44. The average molecular weight is 230 g/mol. The van der Waals surface area contributed by atoms with Crippen molar-refractivity contribution in [2.24, 2.45) is 0 Å². The standard InChI is InChI=1S/C14H14O3/c1-10(15)9-14(16)17-13-8-4-6-11-5-2-3-7-12(11)13/h2-8,10,15H,9H2,1H3. The molecule has 0 saturated heterocycles. The van der Waals surface area contributed by atoms with Gasteiger partial charge in [-0.1, -0.05) is 36.4 Å². The number of fused-ring (bicyclic) bond motifs is 1. The van der Waals surface area contributed by atoms with E-state index in [4.69, 9.17) is 9.84 Å². The SMILES string of the molecule is CC(O)CC(=O)Oc1cccc2ccccc12. The lowest BCUT2D eigenvalue weighted by Gasteiger charge is -2.08. The molecule has 88 valence electrons. The van der Waals surface area contributed by atoms with Gasteiger partial charge in [-0.15, -0.1) is 0 Å². The Morgan fingerprint density at radius 1 is 1.24 bits per heavy atom. The summed E-state index contributed by atoms with van der Waals surface area (Å²) in [4.78, 5) is 11.5. The van der Waals surface area contributed by atoms with E-state index in [1.807, 2.05) is 36.4 Å². The molecule has 3 nitrogen and oxygen atoms in total. The van der Waals surface area contributed by atoms with E-state index in [0.717, 1.165) is 10.8 Å². The molecule has 0 heterocycles. The Labute approximate surface area is 99.6 Å². The number of hydrogen-bond acceptors (Lipinski definition) is 3. The van der Waals surface area contributed by atoms with Crippen molar-refractivity contribution in [1.29, 1.82) is 0 Å². The quantitative estimate of drug-likeness (QED) is 0.651. The molecule has 0 aromatic heterocycles. The zero-order chi connectivity index (χ0) is 12.3. The van der Waals surface area contributed by atoms with Crippen LogP contribution < -0.4 is 4.74 Å². The molecular formula is C14H14O3. The van der Waals surface area contributed by atoms with Crippen LogP contribution in [0.2, 0.25) is 0 Å². The van der Waals surface area contributed by atoms with Crippen LogP contribution in [0, 0.1) is 0 Å². The second kappa shape index (κ2) is 4.97. The third kappa shape index (κ3) is 2.82. The number of rotatable bonds is 3. The highest BCUT2D eigenvalue weighted by molar-refractivity contribution is 5.90. The van der Waals surface area contributed by atoms with E-state index < -0.39 is 12.1 Å². The smallest absolute Gasteiger partial charge is 0.313 e. The van der Waals surface area contributed by atoms with Gasteiger partial charge >= 0.3 is 5.97 Å². The molecule has 1 unspecified atom stereocenters. The highest BCUT2D eigenvalue weighted by Crippen LogP contribution is 2.25. The first kappa shape index (κ1) is 11.6. The minimum absolute atomic E-state index is 0.00320. The Morgan fingerprint density at radius 2 is 1.94 bits per heavy atom. The molecule has 2 aromatic carbocycles. The van der Waals surface area contributed by atoms with Gasteiger partial charge in [0.25, 0.3) is 0 Å². The van der Waals surface area contributed by atoms with Gasteiger partial charge in [0.1, 0.15) is 5.75 Å². The van der Waals surface area contributed by atoms with Gasteiger partial charge in [0.05, 0.1) is 12.5 Å². The molecule has 0 saturated carbocycles. The molecule has 0 aliphatic rings. The zero-order valence-electron chi connectivity index (χ0n) is 9.59. The molecule has 0 fully saturated rings. The summed E-state index contributed by atoms with van der Waals surface area (Å²) in [5, 5.41) is 11.0. The van der Waals surface area contributed by atoms with Crippen molar-refractivity contribution in [2.45, 2.75) is 19.4 Å². The van der Waals surface area contributed by atoms with Gasteiger partial charge in [-0.25, -0.2) is 0 Å². The Kier molecular flexibility index (Phi) is 3.40. The van der Waals surface area contributed by atoms with Crippen LogP contribution in [-0.4, -0.2) is 17.2 Å². The van der Waals surface area contributed by atoms with Crippen molar-refractivity contribution in [3.63, 3.8) is 0 Å². The highest BCUT2D eigenvalue weighted by atomic mass is 16.5. The first-order valence-electron chi connectivity index (χ1n) is 5.53. The second-order valence-electron chi connectivity index (χ2n) is 4.00. The molecule has 1 atom stereocenters. The molecule has 0 aliphatic heterocycles. The second-order valence-corrected chi connectivity index (χ2v) is 4.00. The first-order valence-corrected chi connectivity index (χ1v) is 5.53. The molecule has 0 radical (unpaired) electrons. The van der Waals surface area contributed by atoms with Gasteiger partial charge < -0.3 is 9.84 Å². The van der Waals surface area contributed by atoms with Crippen molar-refractivity contribution in [3.05, 3.63) is 42.5 Å². The van der Waals surface area contributed by atoms with Crippen molar-refractivity contribution in [1.82, 2.24) is 0 Å². The number of carbonyl (C=O) groups excluding carboxylic acids is 1. The maximum atomic E-state index is 11.5. The van der Waals surface area contributed by atoms with Gasteiger partial charge in [0.2, 0.25) is 0 Å². The lowest BCUT2D eigenvalue weighted by atomic mass is 10.1. The van der Waals surface area contributed by atoms with E-state index >= 15 is 0 Å². The summed E-state index contributed by atoms with van der Waals surface area (Å²) in [6.45, 7) is 1.56. The van der Waals surface area contributed by atoms with E-state index in [2.05, 4.69) is 0 Å². The van der Waals surface area contributed by atoms with E-state index in [-0.39, 0.29) is 6.42 Å². The molecule has 0 spiro atoms. The predicted octanol–water partition coefficient (Wildman–Crippen LogP) is 2.52. The van der Waals surface area contributed by atoms with Crippen LogP contribution in [0.25, 0.3) is 10.8 Å². The van der Waals surface area contributed by atoms with Crippen molar-refractivity contribution in [3.8, 4) is 5.75 Å². The van der Waals surface area contributed by atoms with Gasteiger partial charge in [-0.2, -0.15) is 0 Å². The number of aliphatic hydroxyl groups excluding tert-OH is 1. The Bertz CT molecular complexity index is 526. The molecule has 0 aliphatic carbocycles. The monoisotopic (exact) mass is 230 g/mol. The summed E-state index contributed by atoms with van der Waals surface area (Å²) in [6, 6.07) is 13.2. The van der Waals surface area contributed by atoms with Crippen LogP contribution in [0.5, 0.6) is 5.75 Å². The molecule has 17 heavy (non-hydrogen) atoms. The number of benzene rings is 2. The minimum atomic E-state index is -0.683. The number of esters is 1. The van der Waals surface area contributed by atoms with Gasteiger partial charge in [0.15, 0.2) is 0 Å². The minimum Gasteiger partial charge on any atom is -0.426 e. The van der Waals surface area contributed by atoms with E-state index in [1.54, 1.807) is 13.0 Å². The van der Waals surface area contributed by atoms with Crippen LogP contribution in [0.15, 0.2) is 42.5 Å². The van der Waals surface area contributed by atoms with Crippen molar-refractivity contribution < 1.29 is 14.6 Å². The highest BCUT2D eigenvalue weighted by Gasteiger charge is 2.10. The summed E-state index contributed by atoms with van der Waals surface area (Å²) in [7, 11) is 0. The first-order chi connectivity index (χ1) is 8.16. The molecule has 0 bridgehead atoms. The van der Waals surface area contributed by atoms with Crippen molar-refractivity contribution in [2.75, 3.05) is 0 Å². The number of hydrogen-bond donors (Lipinski definition) is 1. The zero-order valence-corrected chi connectivity index (χ0v) is 9.59. The van der Waals surface area contributed by atoms with E-state index in [9.17, 15) is 4.79 Å². The Morgan fingerprint density at radius 3 is 2.71 bits per heavy atom. The summed E-state index contributed by atoms with van der Waals surface area (Å²) in [5.74, 6) is 0.116. The molecule has 2 aromatic rings. The maximum absolute atomic E-state index is 11.5. The normalized spacial score (nSPS) is 12.4. The molecular weight excluding hydrogens is 216 g/mol. The van der Waals surface area contributed by atoms with Gasteiger partial charge in [-0.3, -0.25) is 4.79 Å². The fourth-order valence-electron chi connectivity index (χ4n) is 1.69. The largest absolute Gasteiger partial charge is 0.426 e. The topological polar surface area (TPSA) is 46.5 Å². The van der Waals surface area contributed by atoms with Gasteiger partial charge in [0, 0.05) is 5.39 Å². The number of aliphatic hydroxyl groups is 1. The molecule has 2 rings (SSSR count). The molecule has 1 N–H and O–H groups in total. The lowest BCUT2D eigenvalue weighted by Crippen LogP contribution is -2.15. The third-order valence-electron chi connectivity index (χ3n) is 2.44. The fraction of sp³-hybridized carbons (Fsp3) is 0.214. The maximum Gasteiger partial charge on any atom is 0.313 e. The van der Waals surface area contributed by atoms with E-state index in [0.29, 0.717) is 5.75 Å². The summed E-state index contributed by atoms with van der Waals surface area (Å²) >= 11 is 0. The fourth-order valence-corrected chi connectivity index (χ4v) is 1.69. The summed E-state index contributed by atoms with van der Waals surface area (Å²) in [5.41, 5.74) is 0. The lowest BCUT2D eigenvalue weighted by molar-refractivity contribution is -0.136. The van der Waals surface area contributed by atoms with Gasteiger partial charge in [-0.05, 0) is 18.4 Å². The van der Waals surface area contributed by atoms with Crippen LogP contribution >= 0.6 is 0 Å². The Balaban J connectivity index is 2.27. The average Bonchev–Trinajstić information content (AvgIpc) is 2.28. The van der Waals surface area contributed by atoms with Crippen molar-refractivity contribution >= 4 is 16.7 Å².